The molecule has 216 valence electrons. The standard InChI is InChI=1S/C33H29Cl3N2O4/c34-25-11-7-23(8-12-25)21-37-32(40)33(20-22-5-2-1-3-6-22)30(28-16-13-26(35)19-29(28)36)42-31(38-33)24-9-14-27(15-10-24)41-18-4-17-39/h1-3,5-16,19,30,39H,4,17-18,20-21H2,(H,37,40)/t30-,33-/m1/s1. The summed E-state index contributed by atoms with van der Waals surface area (Å²) >= 11 is 19.0. The number of amides is 1. The van der Waals surface area contributed by atoms with Gasteiger partial charge in [-0.05, 0) is 59.7 Å². The van der Waals surface area contributed by atoms with Crippen LogP contribution in [0.25, 0.3) is 0 Å². The van der Waals surface area contributed by atoms with E-state index in [1.54, 1.807) is 42.5 Å². The number of carbonyl (C=O) groups excluding carboxylic acids is 1. The van der Waals surface area contributed by atoms with Crippen molar-refractivity contribution in [3.8, 4) is 5.75 Å². The minimum absolute atomic E-state index is 0.0565. The molecular weight excluding hydrogens is 595 g/mol. The van der Waals surface area contributed by atoms with E-state index in [9.17, 15) is 4.79 Å². The number of nitrogens with one attached hydrogen (secondary N) is 1. The summed E-state index contributed by atoms with van der Waals surface area (Å²) in [5.41, 5.74) is 1.69. The van der Waals surface area contributed by atoms with Crippen LogP contribution in [0, 0.1) is 0 Å². The monoisotopic (exact) mass is 622 g/mol. The molecule has 0 radical (unpaired) electrons. The van der Waals surface area contributed by atoms with Crippen molar-refractivity contribution in [1.82, 2.24) is 5.32 Å². The third-order valence-corrected chi connectivity index (χ3v) is 7.77. The highest BCUT2D eigenvalue weighted by Crippen LogP contribution is 2.45. The number of carbonyl (C=O) groups is 1. The topological polar surface area (TPSA) is 80.2 Å². The van der Waals surface area contributed by atoms with Gasteiger partial charge in [-0.3, -0.25) is 4.79 Å². The van der Waals surface area contributed by atoms with Crippen LogP contribution in [0.15, 0.2) is 102 Å². The molecule has 0 aromatic heterocycles. The number of hydrogen-bond donors (Lipinski definition) is 2. The fourth-order valence-electron chi connectivity index (χ4n) is 4.82. The lowest BCUT2D eigenvalue weighted by molar-refractivity contribution is -0.129. The van der Waals surface area contributed by atoms with Gasteiger partial charge in [-0.25, -0.2) is 4.99 Å². The zero-order chi connectivity index (χ0) is 29.5. The van der Waals surface area contributed by atoms with Crippen LogP contribution in [0.1, 0.15) is 34.8 Å². The Hall–Kier alpha value is -3.55. The van der Waals surface area contributed by atoms with Gasteiger partial charge in [0.05, 0.1) is 6.61 Å². The van der Waals surface area contributed by atoms with E-state index in [4.69, 9.17) is 54.4 Å². The Morgan fingerprint density at radius 3 is 2.31 bits per heavy atom. The highest BCUT2D eigenvalue weighted by Gasteiger charge is 2.53. The highest BCUT2D eigenvalue weighted by atomic mass is 35.5. The molecule has 6 nitrogen and oxygen atoms in total. The molecule has 2 N–H and O–H groups in total. The predicted octanol–water partition coefficient (Wildman–Crippen LogP) is 7.22. The summed E-state index contributed by atoms with van der Waals surface area (Å²) in [4.78, 5) is 19.4. The van der Waals surface area contributed by atoms with E-state index in [2.05, 4.69) is 5.32 Å². The number of hydrogen-bond acceptors (Lipinski definition) is 5. The second-order valence-electron chi connectivity index (χ2n) is 9.93. The molecule has 5 rings (SSSR count). The summed E-state index contributed by atoms with van der Waals surface area (Å²) < 4.78 is 12.2. The maximum Gasteiger partial charge on any atom is 0.252 e. The van der Waals surface area contributed by atoms with Gasteiger partial charge in [0.25, 0.3) is 5.91 Å². The van der Waals surface area contributed by atoms with Gasteiger partial charge in [0.2, 0.25) is 5.90 Å². The fraction of sp³-hybridized carbons (Fsp3) is 0.212. The lowest BCUT2D eigenvalue weighted by Gasteiger charge is -2.31. The van der Waals surface area contributed by atoms with Crippen LogP contribution in [0.5, 0.6) is 5.75 Å². The molecule has 9 heteroatoms. The third-order valence-electron chi connectivity index (χ3n) is 6.96. The molecular formula is C33H29Cl3N2O4. The van der Waals surface area contributed by atoms with Gasteiger partial charge in [-0.2, -0.15) is 0 Å². The Labute approximate surface area is 259 Å². The van der Waals surface area contributed by atoms with Gasteiger partial charge in [0, 0.05) is 52.2 Å². The zero-order valence-corrected chi connectivity index (χ0v) is 24.9. The molecule has 4 aromatic rings. The molecule has 2 atom stereocenters. The second-order valence-corrected chi connectivity index (χ2v) is 11.2. The molecule has 0 bridgehead atoms. The molecule has 0 unspecified atom stereocenters. The van der Waals surface area contributed by atoms with E-state index in [0.29, 0.717) is 50.9 Å². The highest BCUT2D eigenvalue weighted by molar-refractivity contribution is 6.35. The normalized spacial score (nSPS) is 17.8. The van der Waals surface area contributed by atoms with E-state index in [1.165, 1.54) is 0 Å². The molecule has 0 saturated carbocycles. The molecule has 1 amide bonds. The quantitative estimate of drug-likeness (QED) is 0.173. The Morgan fingerprint density at radius 1 is 0.905 bits per heavy atom. The van der Waals surface area contributed by atoms with Crippen molar-refractivity contribution >= 4 is 46.6 Å². The molecule has 1 aliphatic heterocycles. The van der Waals surface area contributed by atoms with Crippen molar-refractivity contribution in [2.75, 3.05) is 13.2 Å². The molecule has 1 aliphatic rings. The number of ether oxygens (including phenoxy) is 2. The first kappa shape index (κ1) is 29.9. The van der Waals surface area contributed by atoms with Gasteiger partial charge in [-0.15, -0.1) is 0 Å². The predicted molar refractivity (Wildman–Crippen MR) is 167 cm³/mol. The first-order chi connectivity index (χ1) is 20.4. The third kappa shape index (κ3) is 6.90. The number of benzene rings is 4. The maximum absolute atomic E-state index is 14.3. The Morgan fingerprint density at radius 2 is 1.62 bits per heavy atom. The molecule has 4 aromatic carbocycles. The largest absolute Gasteiger partial charge is 0.494 e. The molecule has 0 spiro atoms. The van der Waals surface area contributed by atoms with Gasteiger partial charge < -0.3 is 19.9 Å². The van der Waals surface area contributed by atoms with Gasteiger partial charge >= 0.3 is 0 Å². The SMILES string of the molecule is O=C(NCc1ccc(Cl)cc1)[C@]1(Cc2ccccc2)N=C(c2ccc(OCCCO)cc2)O[C@@H]1c1ccc(Cl)cc1Cl. The lowest BCUT2D eigenvalue weighted by atomic mass is 9.82. The van der Waals surface area contributed by atoms with Crippen LogP contribution < -0.4 is 10.1 Å². The summed E-state index contributed by atoms with van der Waals surface area (Å²) in [6, 6.07) is 29.4. The van der Waals surface area contributed by atoms with Crippen molar-refractivity contribution in [1.29, 1.82) is 0 Å². The summed E-state index contributed by atoms with van der Waals surface area (Å²) in [6.45, 7) is 0.734. The summed E-state index contributed by atoms with van der Waals surface area (Å²) in [6.07, 6.45) is -0.0486. The number of halogens is 3. The average molecular weight is 624 g/mol. The van der Waals surface area contributed by atoms with E-state index in [-0.39, 0.29) is 25.5 Å². The van der Waals surface area contributed by atoms with Crippen LogP contribution in [0.3, 0.4) is 0 Å². The fourth-order valence-corrected chi connectivity index (χ4v) is 5.45. The molecule has 42 heavy (non-hydrogen) atoms. The van der Waals surface area contributed by atoms with Crippen molar-refractivity contribution in [3.63, 3.8) is 0 Å². The van der Waals surface area contributed by atoms with Crippen molar-refractivity contribution < 1.29 is 19.4 Å². The van der Waals surface area contributed by atoms with E-state index >= 15 is 0 Å². The number of rotatable bonds is 11. The summed E-state index contributed by atoms with van der Waals surface area (Å²) in [5.74, 6) is 0.654. The van der Waals surface area contributed by atoms with E-state index in [1.807, 2.05) is 54.6 Å². The van der Waals surface area contributed by atoms with Crippen LogP contribution in [0.4, 0.5) is 0 Å². The Balaban J connectivity index is 1.56. The zero-order valence-electron chi connectivity index (χ0n) is 22.6. The van der Waals surface area contributed by atoms with Crippen molar-refractivity contribution in [2.45, 2.75) is 31.0 Å². The molecule has 1 heterocycles. The van der Waals surface area contributed by atoms with Gasteiger partial charge in [-0.1, -0.05) is 83.3 Å². The van der Waals surface area contributed by atoms with Gasteiger partial charge in [0.15, 0.2) is 11.6 Å². The molecule has 0 aliphatic carbocycles. The number of aliphatic imine (C=N–C) groups is 1. The Bertz CT molecular complexity index is 1550. The van der Waals surface area contributed by atoms with Gasteiger partial charge in [0.1, 0.15) is 5.75 Å². The smallest absolute Gasteiger partial charge is 0.252 e. The van der Waals surface area contributed by atoms with Crippen molar-refractivity contribution in [3.05, 3.63) is 134 Å². The van der Waals surface area contributed by atoms with Crippen LogP contribution in [-0.4, -0.2) is 35.7 Å². The minimum atomic E-state index is -1.39. The van der Waals surface area contributed by atoms with E-state index < -0.39 is 11.6 Å². The number of aliphatic hydroxyl groups excluding tert-OH is 1. The second kappa shape index (κ2) is 13.6. The van der Waals surface area contributed by atoms with Crippen LogP contribution in [-0.2, 0) is 22.5 Å². The first-order valence-corrected chi connectivity index (χ1v) is 14.6. The first-order valence-electron chi connectivity index (χ1n) is 13.5. The van der Waals surface area contributed by atoms with Crippen LogP contribution in [0.2, 0.25) is 15.1 Å². The van der Waals surface area contributed by atoms with Crippen LogP contribution >= 0.6 is 34.8 Å². The number of aliphatic hydroxyl groups is 1. The summed E-state index contributed by atoms with van der Waals surface area (Å²) in [7, 11) is 0. The number of nitrogens with zero attached hydrogens (tertiary/aromatic N) is 1. The maximum atomic E-state index is 14.3. The van der Waals surface area contributed by atoms with E-state index in [0.717, 1.165) is 11.1 Å². The van der Waals surface area contributed by atoms with Crippen molar-refractivity contribution in [2.24, 2.45) is 4.99 Å². The minimum Gasteiger partial charge on any atom is -0.494 e. The molecule has 0 saturated heterocycles. The average Bonchev–Trinajstić information content (AvgIpc) is 3.37. The summed E-state index contributed by atoms with van der Waals surface area (Å²) in [5, 5.41) is 13.6. The Kier molecular flexibility index (Phi) is 9.70. The molecule has 0 fully saturated rings. The lowest BCUT2D eigenvalue weighted by Crippen LogP contribution is -2.49.